The molecule has 0 atom stereocenters. The Labute approximate surface area is 158 Å². The van der Waals surface area contributed by atoms with Crippen LogP contribution in [0.3, 0.4) is 0 Å². The van der Waals surface area contributed by atoms with E-state index in [2.05, 4.69) is 10.3 Å². The van der Waals surface area contributed by atoms with Gasteiger partial charge >= 0.3 is 0 Å². The number of fused-ring (bicyclic) bond motifs is 1. The number of nitro benzene ring substituents is 1. The number of thiazole rings is 1. The molecule has 27 heavy (non-hydrogen) atoms. The monoisotopic (exact) mass is 387 g/mol. The second-order valence-corrected chi connectivity index (χ2v) is 6.60. The number of rotatable bonds is 7. The second-order valence-electron chi connectivity index (χ2n) is 5.57. The summed E-state index contributed by atoms with van der Waals surface area (Å²) >= 11 is 1.40. The van der Waals surface area contributed by atoms with Crippen molar-refractivity contribution >= 4 is 38.8 Å². The normalized spacial score (nSPS) is 10.7. The van der Waals surface area contributed by atoms with Gasteiger partial charge in [0.15, 0.2) is 6.79 Å². The molecule has 0 unspecified atom stereocenters. The largest absolute Gasteiger partial charge is 0.468 e. The maximum atomic E-state index is 11.3. The molecular formula is C18H17N3O5S. The minimum Gasteiger partial charge on any atom is -0.468 e. The molecule has 1 aromatic heterocycles. The van der Waals surface area contributed by atoms with E-state index in [1.165, 1.54) is 30.4 Å². The zero-order chi connectivity index (χ0) is 19.4. The number of nitro groups is 1. The zero-order valence-corrected chi connectivity index (χ0v) is 15.5. The minimum absolute atomic E-state index is 0.156. The van der Waals surface area contributed by atoms with Gasteiger partial charge in [0, 0.05) is 25.2 Å². The molecule has 3 aromatic rings. The van der Waals surface area contributed by atoms with Crippen molar-refractivity contribution in [3.05, 3.63) is 46.5 Å². The predicted molar refractivity (Wildman–Crippen MR) is 103 cm³/mol. The molecule has 0 radical (unpaired) electrons. The third kappa shape index (κ3) is 4.39. The first-order valence-electron chi connectivity index (χ1n) is 8.15. The molecule has 140 valence electrons. The van der Waals surface area contributed by atoms with E-state index in [4.69, 9.17) is 9.47 Å². The maximum absolute atomic E-state index is 11.3. The quantitative estimate of drug-likeness (QED) is 0.282. The number of amides is 1. The van der Waals surface area contributed by atoms with Crippen LogP contribution in [0.25, 0.3) is 20.8 Å². The SMILES string of the molecule is CCOCOc1ccc2nc(-c3ccc(NC(C)=O)c([N+](=O)[O-])c3)sc2c1. The summed E-state index contributed by atoms with van der Waals surface area (Å²) in [6, 6.07) is 10.1. The van der Waals surface area contributed by atoms with Crippen molar-refractivity contribution in [2.45, 2.75) is 13.8 Å². The third-order valence-corrected chi connectivity index (χ3v) is 4.69. The summed E-state index contributed by atoms with van der Waals surface area (Å²) in [5.74, 6) is 0.295. The van der Waals surface area contributed by atoms with E-state index in [9.17, 15) is 14.9 Å². The van der Waals surface area contributed by atoms with Gasteiger partial charge in [-0.3, -0.25) is 14.9 Å². The number of nitrogens with zero attached hydrogens (tertiary/aromatic N) is 2. The van der Waals surface area contributed by atoms with Crippen LogP contribution >= 0.6 is 11.3 Å². The van der Waals surface area contributed by atoms with Gasteiger partial charge in [0.25, 0.3) is 5.69 Å². The summed E-state index contributed by atoms with van der Waals surface area (Å²) in [7, 11) is 0. The topological polar surface area (TPSA) is 104 Å². The number of aromatic nitrogens is 1. The van der Waals surface area contributed by atoms with Gasteiger partial charge in [0.1, 0.15) is 16.4 Å². The van der Waals surface area contributed by atoms with Crippen LogP contribution in [0.5, 0.6) is 5.75 Å². The molecule has 0 saturated heterocycles. The van der Waals surface area contributed by atoms with Gasteiger partial charge in [0.2, 0.25) is 5.91 Å². The van der Waals surface area contributed by atoms with E-state index in [0.29, 0.717) is 22.9 Å². The fraction of sp³-hybridized carbons (Fsp3) is 0.222. The lowest BCUT2D eigenvalue weighted by atomic mass is 10.1. The van der Waals surface area contributed by atoms with Gasteiger partial charge in [-0.15, -0.1) is 11.3 Å². The Morgan fingerprint density at radius 1 is 1.30 bits per heavy atom. The lowest BCUT2D eigenvalue weighted by Gasteiger charge is -2.04. The summed E-state index contributed by atoms with van der Waals surface area (Å²) in [6.45, 7) is 3.93. The molecule has 3 rings (SSSR count). The standard InChI is InChI=1S/C18H17N3O5S/c1-3-25-10-26-13-5-7-15-17(9-13)27-18(20-15)12-4-6-14(19-11(2)22)16(8-12)21(23)24/h4-9H,3,10H2,1-2H3,(H,19,22). The molecule has 0 aliphatic carbocycles. The van der Waals surface area contributed by atoms with Crippen molar-refractivity contribution in [1.82, 2.24) is 4.98 Å². The average Bonchev–Trinajstić information content (AvgIpc) is 3.05. The number of ether oxygens (including phenoxy) is 2. The van der Waals surface area contributed by atoms with Crippen molar-refractivity contribution in [2.75, 3.05) is 18.7 Å². The van der Waals surface area contributed by atoms with E-state index in [-0.39, 0.29) is 24.1 Å². The summed E-state index contributed by atoms with van der Waals surface area (Å²) in [4.78, 5) is 26.6. The number of carbonyl (C=O) groups excluding carboxylic acids is 1. The molecule has 1 heterocycles. The Balaban J connectivity index is 1.93. The third-order valence-electron chi connectivity index (χ3n) is 3.63. The molecule has 0 saturated carbocycles. The van der Waals surface area contributed by atoms with Crippen LogP contribution in [-0.2, 0) is 9.53 Å². The molecule has 0 spiro atoms. The van der Waals surface area contributed by atoms with Crippen molar-refractivity contribution in [3.8, 4) is 16.3 Å². The van der Waals surface area contributed by atoms with E-state index in [1.807, 2.05) is 19.1 Å². The minimum atomic E-state index is -0.526. The van der Waals surface area contributed by atoms with Crippen molar-refractivity contribution in [3.63, 3.8) is 0 Å². The zero-order valence-electron chi connectivity index (χ0n) is 14.7. The van der Waals surface area contributed by atoms with Gasteiger partial charge in [-0.25, -0.2) is 4.98 Å². The highest BCUT2D eigenvalue weighted by atomic mass is 32.1. The number of carbonyl (C=O) groups is 1. The first-order valence-corrected chi connectivity index (χ1v) is 8.97. The Kier molecular flexibility index (Phi) is 5.63. The van der Waals surface area contributed by atoms with Crippen LogP contribution in [0.15, 0.2) is 36.4 Å². The van der Waals surface area contributed by atoms with Crippen LogP contribution in [0.1, 0.15) is 13.8 Å². The molecule has 1 amide bonds. The smallest absolute Gasteiger partial charge is 0.293 e. The first-order chi connectivity index (χ1) is 13.0. The molecule has 0 bridgehead atoms. The molecule has 0 aliphatic rings. The first kappa shape index (κ1) is 18.7. The lowest BCUT2D eigenvalue weighted by Crippen LogP contribution is -2.08. The summed E-state index contributed by atoms with van der Waals surface area (Å²) < 4.78 is 11.6. The maximum Gasteiger partial charge on any atom is 0.293 e. The van der Waals surface area contributed by atoms with Gasteiger partial charge in [0.05, 0.1) is 15.1 Å². The van der Waals surface area contributed by atoms with Crippen LogP contribution in [0, 0.1) is 10.1 Å². The molecule has 1 N–H and O–H groups in total. The van der Waals surface area contributed by atoms with Gasteiger partial charge in [-0.05, 0) is 37.3 Å². The van der Waals surface area contributed by atoms with Crippen LogP contribution in [0.2, 0.25) is 0 Å². The van der Waals surface area contributed by atoms with Crippen LogP contribution < -0.4 is 10.1 Å². The number of nitrogens with one attached hydrogen (secondary N) is 1. The molecule has 2 aromatic carbocycles. The molecular weight excluding hydrogens is 370 g/mol. The summed E-state index contributed by atoms with van der Waals surface area (Å²) in [5.41, 5.74) is 1.35. The van der Waals surface area contributed by atoms with E-state index in [0.717, 1.165) is 10.2 Å². The Bertz CT molecular complexity index is 1000. The fourth-order valence-corrected chi connectivity index (χ4v) is 3.41. The highest BCUT2D eigenvalue weighted by Gasteiger charge is 2.18. The van der Waals surface area contributed by atoms with E-state index < -0.39 is 4.92 Å². The average molecular weight is 387 g/mol. The molecule has 8 nitrogen and oxygen atoms in total. The lowest BCUT2D eigenvalue weighted by molar-refractivity contribution is -0.383. The van der Waals surface area contributed by atoms with E-state index in [1.54, 1.807) is 12.1 Å². The van der Waals surface area contributed by atoms with Crippen molar-refractivity contribution in [1.29, 1.82) is 0 Å². The summed E-state index contributed by atoms with van der Waals surface area (Å²) in [6.07, 6.45) is 0. The number of hydrogen-bond acceptors (Lipinski definition) is 7. The van der Waals surface area contributed by atoms with Crippen LogP contribution in [-0.4, -0.2) is 29.2 Å². The summed E-state index contributed by atoms with van der Waals surface area (Å²) in [5, 5.41) is 14.4. The van der Waals surface area contributed by atoms with Crippen molar-refractivity contribution < 1.29 is 19.2 Å². The highest BCUT2D eigenvalue weighted by Crippen LogP contribution is 2.36. The second kappa shape index (κ2) is 8.11. The Morgan fingerprint density at radius 3 is 2.81 bits per heavy atom. The Morgan fingerprint density at radius 2 is 2.11 bits per heavy atom. The number of anilines is 1. The Hall–Kier alpha value is -3.04. The number of hydrogen-bond donors (Lipinski definition) is 1. The molecule has 0 fully saturated rings. The molecule has 9 heteroatoms. The predicted octanol–water partition coefficient (Wildman–Crippen LogP) is 4.20. The van der Waals surface area contributed by atoms with Crippen LogP contribution in [0.4, 0.5) is 11.4 Å². The number of benzene rings is 2. The molecule has 0 aliphatic heterocycles. The fourth-order valence-electron chi connectivity index (χ4n) is 2.42. The van der Waals surface area contributed by atoms with Gasteiger partial charge in [-0.2, -0.15) is 0 Å². The highest BCUT2D eigenvalue weighted by molar-refractivity contribution is 7.21. The van der Waals surface area contributed by atoms with Gasteiger partial charge < -0.3 is 14.8 Å². The van der Waals surface area contributed by atoms with E-state index >= 15 is 0 Å². The van der Waals surface area contributed by atoms with Gasteiger partial charge in [-0.1, -0.05) is 0 Å². The van der Waals surface area contributed by atoms with Crippen molar-refractivity contribution in [2.24, 2.45) is 0 Å².